The van der Waals surface area contributed by atoms with Crippen molar-refractivity contribution in [3.63, 3.8) is 0 Å². The Hall–Kier alpha value is 0.530. The molecule has 0 aromatic rings. The third kappa shape index (κ3) is 12.8. The van der Waals surface area contributed by atoms with E-state index in [-0.39, 0.29) is 0 Å². The maximum atomic E-state index is 9.33. The molecule has 0 saturated carbocycles. The van der Waals surface area contributed by atoms with Crippen molar-refractivity contribution in [2.45, 2.75) is 64.7 Å². The molecule has 0 aromatic heterocycles. The van der Waals surface area contributed by atoms with Gasteiger partial charge in [-0.05, 0) is 18.2 Å². The summed E-state index contributed by atoms with van der Waals surface area (Å²) in [6.07, 6.45) is 11.4. The minimum atomic E-state index is -2.91. The molecule has 0 aliphatic carbocycles. The van der Waals surface area contributed by atoms with E-state index in [2.05, 4.69) is 11.4 Å². The van der Waals surface area contributed by atoms with Crippen molar-refractivity contribution in [1.82, 2.24) is 0 Å². The summed E-state index contributed by atoms with van der Waals surface area (Å²) in [5.41, 5.74) is 0. The molecule has 3 nitrogen and oxygen atoms in total. The van der Waals surface area contributed by atoms with Crippen molar-refractivity contribution >= 4 is 18.5 Å². The first kappa shape index (κ1) is 17.5. The van der Waals surface area contributed by atoms with Gasteiger partial charge in [-0.1, -0.05) is 58.3 Å². The van der Waals surface area contributed by atoms with Crippen molar-refractivity contribution in [2.24, 2.45) is 0 Å². The molecule has 1 N–H and O–H groups in total. The second-order valence-corrected chi connectivity index (χ2v) is 7.26. The van der Waals surface area contributed by atoms with Gasteiger partial charge in [-0.3, -0.25) is 0 Å². The van der Waals surface area contributed by atoms with E-state index in [0.717, 1.165) is 12.8 Å². The second kappa shape index (κ2) is 11.6. The number of rotatable bonds is 12. The lowest BCUT2D eigenvalue weighted by molar-refractivity contribution is 0.221. The van der Waals surface area contributed by atoms with Crippen LogP contribution in [-0.4, -0.2) is 18.6 Å². The zero-order valence-corrected chi connectivity index (χ0v) is 12.9. The van der Waals surface area contributed by atoms with Crippen LogP contribution >= 0.6 is 6.72 Å². The Balaban J connectivity index is 3.11. The number of hydrogen-bond donors (Lipinski definition) is 1. The van der Waals surface area contributed by atoms with Crippen molar-refractivity contribution < 1.29 is 13.9 Å². The summed E-state index contributed by atoms with van der Waals surface area (Å²) in [7, 11) is 1.39. The second-order valence-electron chi connectivity index (χ2n) is 4.31. The fourth-order valence-electron chi connectivity index (χ4n) is 1.65. The van der Waals surface area contributed by atoms with E-state index in [1.165, 1.54) is 52.1 Å². The van der Waals surface area contributed by atoms with Gasteiger partial charge in [-0.25, -0.2) is 0 Å². The molecule has 1 atom stereocenters. The Bertz CT molecular complexity index is 212. The fourth-order valence-corrected chi connectivity index (χ4v) is 2.33. The monoisotopic (exact) mass is 282 g/mol. The zero-order valence-electron chi connectivity index (χ0n) is 11.2. The fraction of sp³-hybridized carbons (Fsp3) is 1.00. The van der Waals surface area contributed by atoms with Crippen LogP contribution < -0.4 is 0 Å². The molecular weight excluding hydrogens is 255 g/mol. The van der Waals surface area contributed by atoms with Gasteiger partial charge in [0.1, 0.15) is 0 Å². The van der Waals surface area contributed by atoms with Crippen LogP contribution in [0.25, 0.3) is 0 Å². The van der Waals surface area contributed by atoms with Gasteiger partial charge in [0.15, 0.2) is 0 Å². The number of unbranched alkanes of at least 4 members (excludes halogenated alkanes) is 8. The Morgan fingerprint density at radius 2 is 1.41 bits per heavy atom. The molecule has 0 spiro atoms. The Labute approximate surface area is 111 Å². The third-order valence-corrected chi connectivity index (χ3v) is 4.47. The average molecular weight is 282 g/mol. The molecule has 0 aliphatic rings. The zero-order chi connectivity index (χ0) is 13.0. The van der Waals surface area contributed by atoms with Crippen molar-refractivity contribution in [2.75, 3.05) is 13.7 Å². The summed E-state index contributed by atoms with van der Waals surface area (Å²) in [6.45, 7) is -0.164. The predicted molar refractivity (Wildman–Crippen MR) is 76.7 cm³/mol. The van der Waals surface area contributed by atoms with Crippen LogP contribution in [0.3, 0.4) is 0 Å². The molecule has 1 unspecified atom stereocenters. The van der Waals surface area contributed by atoms with Crippen molar-refractivity contribution in [1.29, 1.82) is 0 Å². The Morgan fingerprint density at radius 3 is 1.88 bits per heavy atom. The molecule has 0 fully saturated rings. The predicted octanol–water partition coefficient (Wildman–Crippen LogP) is 4.40. The molecule has 17 heavy (non-hydrogen) atoms. The Morgan fingerprint density at radius 1 is 0.941 bits per heavy atom. The minimum Gasteiger partial charge on any atom is -0.324 e. The normalized spacial score (nSPS) is 14.8. The smallest absolute Gasteiger partial charge is 0.324 e. The first-order valence-electron chi connectivity index (χ1n) is 6.65. The molecule has 0 saturated heterocycles. The molecule has 0 rings (SSSR count). The summed E-state index contributed by atoms with van der Waals surface area (Å²) in [6, 6.07) is 0. The lowest BCUT2D eigenvalue weighted by Crippen LogP contribution is -1.94. The quantitative estimate of drug-likeness (QED) is 0.425. The van der Waals surface area contributed by atoms with Crippen LogP contribution in [0.1, 0.15) is 64.7 Å². The maximum Gasteiger partial charge on any atom is 0.324 e. The van der Waals surface area contributed by atoms with Crippen LogP contribution in [0.2, 0.25) is 0 Å². The van der Waals surface area contributed by atoms with E-state index < -0.39 is 6.72 Å². The third-order valence-electron chi connectivity index (χ3n) is 2.73. The summed E-state index contributed by atoms with van der Waals surface area (Å²) in [5.74, 6) is 0. The van der Waals surface area contributed by atoms with E-state index in [1.54, 1.807) is 0 Å². The van der Waals surface area contributed by atoms with Crippen molar-refractivity contribution in [3.05, 3.63) is 0 Å². The molecule has 0 radical (unpaired) electrons. The maximum absolute atomic E-state index is 9.33. The Kier molecular flexibility index (Phi) is 12.0. The van der Waals surface area contributed by atoms with Crippen LogP contribution in [0.5, 0.6) is 0 Å². The molecule has 5 heteroatoms. The summed E-state index contributed by atoms with van der Waals surface area (Å²) in [5, 5.41) is 0. The molecule has 104 valence electrons. The molecule has 0 amide bonds. The van der Waals surface area contributed by atoms with Crippen LogP contribution in [-0.2, 0) is 20.9 Å². The van der Waals surface area contributed by atoms with Gasteiger partial charge in [-0.15, -0.1) is 0 Å². The SMILES string of the molecule is CCCCCCCCCCCOP(O)(=S)OC. The van der Waals surface area contributed by atoms with E-state index in [9.17, 15) is 4.89 Å². The van der Waals surface area contributed by atoms with E-state index in [1.807, 2.05) is 0 Å². The van der Waals surface area contributed by atoms with E-state index >= 15 is 0 Å². The molecular formula is C12H27O3PS. The van der Waals surface area contributed by atoms with Gasteiger partial charge in [0.25, 0.3) is 0 Å². The van der Waals surface area contributed by atoms with Crippen LogP contribution in [0, 0.1) is 0 Å². The largest absolute Gasteiger partial charge is 0.324 e. The summed E-state index contributed by atoms with van der Waals surface area (Å²) >= 11 is 4.73. The highest BCUT2D eigenvalue weighted by atomic mass is 32.5. The lowest BCUT2D eigenvalue weighted by atomic mass is 10.1. The van der Waals surface area contributed by atoms with Gasteiger partial charge in [0, 0.05) is 7.11 Å². The standard InChI is InChI=1S/C12H27O3PS/c1-3-4-5-6-7-8-9-10-11-12-15-16(13,17)14-2/h3-12H2,1-2H3,(H,13,17). The minimum absolute atomic E-state index is 0.511. The first-order valence-corrected chi connectivity index (χ1v) is 9.24. The number of hydrogen-bond acceptors (Lipinski definition) is 3. The molecule has 0 bridgehead atoms. The van der Waals surface area contributed by atoms with Crippen LogP contribution in [0.4, 0.5) is 0 Å². The molecule has 0 heterocycles. The van der Waals surface area contributed by atoms with Gasteiger partial charge in [0.05, 0.1) is 6.61 Å². The average Bonchev–Trinajstić information content (AvgIpc) is 2.31. The molecule has 0 aromatic carbocycles. The van der Waals surface area contributed by atoms with Gasteiger partial charge in [0.2, 0.25) is 0 Å². The summed E-state index contributed by atoms with van der Waals surface area (Å²) < 4.78 is 9.78. The van der Waals surface area contributed by atoms with E-state index in [0.29, 0.717) is 6.61 Å². The van der Waals surface area contributed by atoms with Crippen LogP contribution in [0.15, 0.2) is 0 Å². The summed E-state index contributed by atoms with van der Waals surface area (Å²) in [4.78, 5) is 9.33. The van der Waals surface area contributed by atoms with E-state index in [4.69, 9.17) is 16.3 Å². The highest BCUT2D eigenvalue weighted by Gasteiger charge is 2.10. The van der Waals surface area contributed by atoms with Gasteiger partial charge >= 0.3 is 6.72 Å². The van der Waals surface area contributed by atoms with Crippen molar-refractivity contribution in [3.8, 4) is 0 Å². The lowest BCUT2D eigenvalue weighted by Gasteiger charge is -2.12. The van der Waals surface area contributed by atoms with Gasteiger partial charge < -0.3 is 13.9 Å². The first-order chi connectivity index (χ1) is 8.12. The van der Waals surface area contributed by atoms with Gasteiger partial charge in [-0.2, -0.15) is 0 Å². The highest BCUT2D eigenvalue weighted by Crippen LogP contribution is 2.42. The molecule has 0 aliphatic heterocycles. The highest BCUT2D eigenvalue weighted by molar-refractivity contribution is 8.07. The topological polar surface area (TPSA) is 38.7 Å².